The van der Waals surface area contributed by atoms with E-state index in [4.69, 9.17) is 38.9 Å². The van der Waals surface area contributed by atoms with Crippen molar-refractivity contribution >= 4 is 24.0 Å². The molecule has 9 N–H and O–H groups in total. The molecule has 4 rings (SSSR count). The molecule has 3 amide bonds. The van der Waals surface area contributed by atoms with Gasteiger partial charge in [0.15, 0.2) is 12.2 Å². The van der Waals surface area contributed by atoms with Crippen molar-refractivity contribution in [2.75, 3.05) is 13.7 Å². The van der Waals surface area contributed by atoms with Crippen LogP contribution in [0.5, 0.6) is 0 Å². The van der Waals surface area contributed by atoms with Crippen LogP contribution in [-0.2, 0) is 39.8 Å². The van der Waals surface area contributed by atoms with Gasteiger partial charge in [0.2, 0.25) is 6.29 Å². The Hall–Kier alpha value is -4.35. The van der Waals surface area contributed by atoms with E-state index in [1.807, 2.05) is 0 Å². The number of rotatable bonds is 11. The third-order valence-corrected chi connectivity index (χ3v) is 9.02. The quantitative estimate of drug-likeness (QED) is 0.0882. The van der Waals surface area contributed by atoms with Gasteiger partial charge in [0.25, 0.3) is 5.69 Å². The highest BCUT2D eigenvalue weighted by molar-refractivity contribution is 5.70. The van der Waals surface area contributed by atoms with Gasteiger partial charge in [-0.3, -0.25) is 15.4 Å². The number of ether oxygens (including phenoxy) is 7. The maximum atomic E-state index is 13.0. The number of likely N-dealkylation sites (N-methyl/N-ethyl adjacent to an activating group) is 1. The fraction of sp³-hybridized carbons (Fsp3) is 0.694. The molecule has 11 atom stereocenters. The minimum atomic E-state index is -1.65. The Balaban J connectivity index is 1.58. The Morgan fingerprint density at radius 3 is 2.07 bits per heavy atom. The third kappa shape index (κ3) is 12.8. The van der Waals surface area contributed by atoms with Crippen LogP contribution in [0.4, 0.5) is 20.1 Å². The second-order valence-corrected chi connectivity index (χ2v) is 16.3. The highest BCUT2D eigenvalue weighted by atomic mass is 16.7. The molecule has 0 bridgehead atoms. The average molecular weight is 813 g/mol. The summed E-state index contributed by atoms with van der Waals surface area (Å²) in [4.78, 5) is 49.2. The smallest absolute Gasteiger partial charge is 0.414 e. The molecule has 320 valence electrons. The number of nitro groups is 1. The lowest BCUT2D eigenvalue weighted by molar-refractivity contribution is -0.384. The SMILES string of the molecule is CN[C@@H]1[C@@H](O)[C@@H](O[C@@H]2[C@@H](O)[C@H](O[C@H]3OC(NC(=O)OCc4ccc([N+](=O)[O-])cc4)=CC[C@H]3NC(=O)OC(C)(C)C)[C@@H](NC(=O)OC(C)(C)C)C[C@H]2N)OC[C@]1(C)O. The van der Waals surface area contributed by atoms with E-state index in [2.05, 4.69) is 21.3 Å². The fourth-order valence-electron chi connectivity index (χ4n) is 6.46. The van der Waals surface area contributed by atoms with Crippen LogP contribution < -0.4 is 27.0 Å². The van der Waals surface area contributed by atoms with Gasteiger partial charge in [-0.15, -0.1) is 0 Å². The molecule has 3 aliphatic rings. The summed E-state index contributed by atoms with van der Waals surface area (Å²) in [5.41, 5.74) is 3.63. The van der Waals surface area contributed by atoms with Crippen molar-refractivity contribution in [2.24, 2.45) is 5.73 Å². The number of carbonyl (C=O) groups is 3. The third-order valence-electron chi connectivity index (χ3n) is 9.02. The number of hydrogen-bond donors (Lipinski definition) is 8. The molecule has 2 fully saturated rings. The van der Waals surface area contributed by atoms with Gasteiger partial charge >= 0.3 is 18.3 Å². The van der Waals surface area contributed by atoms with Gasteiger partial charge in [-0.2, -0.15) is 0 Å². The molecule has 0 radical (unpaired) electrons. The van der Waals surface area contributed by atoms with Crippen LogP contribution in [0.1, 0.15) is 66.9 Å². The molecule has 2 aliphatic heterocycles. The van der Waals surface area contributed by atoms with Crippen LogP contribution in [0.2, 0.25) is 0 Å². The highest BCUT2D eigenvalue weighted by Crippen LogP contribution is 2.32. The molecule has 0 unspecified atom stereocenters. The first-order chi connectivity index (χ1) is 26.5. The molecule has 0 aromatic heterocycles. The lowest BCUT2D eigenvalue weighted by atomic mass is 9.83. The molecule has 2 heterocycles. The largest absolute Gasteiger partial charge is 0.448 e. The number of nitrogens with one attached hydrogen (secondary N) is 4. The molecule has 1 aromatic carbocycles. The summed E-state index contributed by atoms with van der Waals surface area (Å²) in [7, 11) is 1.55. The number of nitrogens with zero attached hydrogens (tertiary/aromatic N) is 1. The molecule has 0 spiro atoms. The van der Waals surface area contributed by atoms with Gasteiger partial charge in [-0.05, 0) is 92.1 Å². The van der Waals surface area contributed by atoms with Crippen LogP contribution >= 0.6 is 0 Å². The van der Waals surface area contributed by atoms with E-state index < -0.39 is 101 Å². The predicted octanol–water partition coefficient (Wildman–Crippen LogP) is 1.11. The van der Waals surface area contributed by atoms with Crippen molar-refractivity contribution in [3.05, 3.63) is 51.9 Å². The second kappa shape index (κ2) is 18.5. The van der Waals surface area contributed by atoms with Crippen molar-refractivity contribution in [2.45, 2.75) is 146 Å². The van der Waals surface area contributed by atoms with Gasteiger partial charge in [0.1, 0.15) is 47.8 Å². The predicted molar refractivity (Wildman–Crippen MR) is 198 cm³/mol. The number of hydrogen-bond acceptors (Lipinski definition) is 17. The van der Waals surface area contributed by atoms with Gasteiger partial charge in [0, 0.05) is 18.2 Å². The van der Waals surface area contributed by atoms with Gasteiger partial charge in [-0.1, -0.05) is 0 Å². The Kier molecular flexibility index (Phi) is 14.7. The molecule has 1 saturated heterocycles. The molecule has 1 saturated carbocycles. The number of carbonyl (C=O) groups excluding carboxylic acids is 3. The zero-order valence-corrected chi connectivity index (χ0v) is 33.3. The van der Waals surface area contributed by atoms with E-state index in [9.17, 15) is 39.8 Å². The van der Waals surface area contributed by atoms with E-state index in [0.29, 0.717) is 5.56 Å². The van der Waals surface area contributed by atoms with E-state index in [1.165, 1.54) is 37.3 Å². The summed E-state index contributed by atoms with van der Waals surface area (Å²) in [6.07, 6.45) is -9.81. The summed E-state index contributed by atoms with van der Waals surface area (Å²) in [6.45, 7) is 11.0. The zero-order valence-electron chi connectivity index (χ0n) is 33.3. The Bertz CT molecular complexity index is 1600. The van der Waals surface area contributed by atoms with E-state index in [1.54, 1.807) is 48.6 Å². The summed E-state index contributed by atoms with van der Waals surface area (Å²) in [5, 5.41) is 55.3. The molecule has 21 nitrogen and oxygen atoms in total. The Morgan fingerprint density at radius 2 is 1.51 bits per heavy atom. The number of nitrogens with two attached hydrogens (primary N) is 1. The summed E-state index contributed by atoms with van der Waals surface area (Å²) >= 11 is 0. The molecular formula is C36H56N6O15. The van der Waals surface area contributed by atoms with Crippen LogP contribution in [-0.4, -0.2) is 130 Å². The standard InChI is InChI=1S/C36H56N6O15/c1-34(2,3)56-32(46)39-21-13-14-23(41-31(45)51-16-18-9-11-19(12-10-18)42(49)50)53-29(21)55-27-22(40-33(47)57-35(4,5)6)15-20(37)26(24(27)43)54-30-25(44)28(38-8)36(7,48)17-52-30/h9-12,14,20-22,24-30,38,43-44,48H,13,15-17,37H2,1-8H3,(H,39,46)(H,40,47)(H,41,45)/t20-,21-,22+,24-,25-,26+,27-,28-,29-,30-,36+/m1/s1. The number of aliphatic hydroxyl groups excluding tert-OH is 2. The van der Waals surface area contributed by atoms with Crippen molar-refractivity contribution in [3.63, 3.8) is 0 Å². The summed E-state index contributed by atoms with van der Waals surface area (Å²) in [5.74, 6) is -0.147. The number of benzene rings is 1. The zero-order chi connectivity index (χ0) is 42.5. The van der Waals surface area contributed by atoms with Crippen molar-refractivity contribution in [3.8, 4) is 0 Å². The highest BCUT2D eigenvalue weighted by Gasteiger charge is 2.52. The van der Waals surface area contributed by atoms with Gasteiger partial charge < -0.3 is 70.2 Å². The molecule has 57 heavy (non-hydrogen) atoms. The van der Waals surface area contributed by atoms with Crippen LogP contribution in [0.25, 0.3) is 0 Å². The monoisotopic (exact) mass is 812 g/mol. The van der Waals surface area contributed by atoms with Crippen LogP contribution in [0, 0.1) is 10.1 Å². The lowest BCUT2D eigenvalue weighted by Gasteiger charge is -2.48. The molecule has 1 aromatic rings. The Morgan fingerprint density at radius 1 is 0.930 bits per heavy atom. The first-order valence-corrected chi connectivity index (χ1v) is 18.4. The lowest BCUT2D eigenvalue weighted by Crippen LogP contribution is -2.69. The van der Waals surface area contributed by atoms with E-state index >= 15 is 0 Å². The van der Waals surface area contributed by atoms with Gasteiger partial charge in [-0.25, -0.2) is 14.4 Å². The molecular weight excluding hydrogens is 756 g/mol. The first-order valence-electron chi connectivity index (χ1n) is 18.4. The second-order valence-electron chi connectivity index (χ2n) is 16.3. The van der Waals surface area contributed by atoms with Crippen molar-refractivity contribution < 1.29 is 67.8 Å². The summed E-state index contributed by atoms with van der Waals surface area (Å²) < 4.78 is 40.3. The molecule has 1 aliphatic carbocycles. The number of nitro benzene ring substituents is 1. The normalized spacial score (nSPS) is 31.8. The minimum absolute atomic E-state index is 0.00172. The number of alkyl carbamates (subject to hydrolysis) is 3. The van der Waals surface area contributed by atoms with Crippen LogP contribution in [0.3, 0.4) is 0 Å². The average Bonchev–Trinajstić information content (AvgIpc) is 3.08. The first kappa shape index (κ1) is 45.4. The van der Waals surface area contributed by atoms with Crippen molar-refractivity contribution in [1.29, 1.82) is 0 Å². The number of amides is 3. The maximum absolute atomic E-state index is 13.0. The number of non-ortho nitro benzene ring substituents is 1. The fourth-order valence-corrected chi connectivity index (χ4v) is 6.46. The summed E-state index contributed by atoms with van der Waals surface area (Å²) in [6, 6.07) is 1.51. The van der Waals surface area contributed by atoms with Gasteiger partial charge in [0.05, 0.1) is 29.7 Å². The van der Waals surface area contributed by atoms with Crippen molar-refractivity contribution in [1.82, 2.24) is 21.3 Å². The van der Waals surface area contributed by atoms with Crippen LogP contribution in [0.15, 0.2) is 36.2 Å². The number of aliphatic hydroxyl groups is 3. The topological polar surface area (TPSA) is 294 Å². The van der Waals surface area contributed by atoms with E-state index in [-0.39, 0.29) is 37.6 Å². The van der Waals surface area contributed by atoms with E-state index in [0.717, 1.165) is 0 Å². The maximum Gasteiger partial charge on any atom is 0.414 e. The minimum Gasteiger partial charge on any atom is -0.448 e. The molecule has 21 heteroatoms. The Labute approximate surface area is 330 Å².